The molecular formula is C22H22N6O. The number of nitrogens with zero attached hydrogens (tertiary/aromatic N) is 5. The number of nitrogens with one attached hydrogen (secondary N) is 1. The molecule has 1 atom stereocenters. The van der Waals surface area contributed by atoms with Gasteiger partial charge in [-0.05, 0) is 50.1 Å². The number of hydrogen-bond acceptors (Lipinski definition) is 5. The van der Waals surface area contributed by atoms with Gasteiger partial charge in [-0.3, -0.25) is 9.13 Å². The van der Waals surface area contributed by atoms with E-state index >= 15 is 0 Å². The van der Waals surface area contributed by atoms with Crippen molar-refractivity contribution in [3.63, 3.8) is 0 Å². The van der Waals surface area contributed by atoms with Gasteiger partial charge in [-0.15, -0.1) is 5.10 Å². The van der Waals surface area contributed by atoms with Crippen molar-refractivity contribution in [2.75, 3.05) is 5.32 Å². The predicted molar refractivity (Wildman–Crippen MR) is 114 cm³/mol. The molecule has 4 aromatic rings. The second-order valence-electron chi connectivity index (χ2n) is 7.42. The minimum Gasteiger partial charge on any atom is -0.362 e. The van der Waals surface area contributed by atoms with Gasteiger partial charge in [0.05, 0.1) is 34.4 Å². The van der Waals surface area contributed by atoms with Gasteiger partial charge < -0.3 is 5.32 Å². The van der Waals surface area contributed by atoms with Crippen molar-refractivity contribution in [3.05, 3.63) is 63.2 Å². The molecule has 0 aliphatic heterocycles. The molecule has 2 aromatic carbocycles. The van der Waals surface area contributed by atoms with E-state index in [0.717, 1.165) is 38.6 Å². The van der Waals surface area contributed by atoms with Crippen LogP contribution >= 0.6 is 0 Å². The summed E-state index contributed by atoms with van der Waals surface area (Å²) in [6.45, 7) is 5.90. The van der Waals surface area contributed by atoms with Crippen LogP contribution in [-0.4, -0.2) is 19.3 Å². The van der Waals surface area contributed by atoms with Crippen LogP contribution in [0.2, 0.25) is 0 Å². The van der Waals surface area contributed by atoms with Crippen molar-refractivity contribution in [1.82, 2.24) is 19.3 Å². The Balaban J connectivity index is 1.87. The first-order valence-electron chi connectivity index (χ1n) is 9.42. The maximum atomic E-state index is 12.4. The van der Waals surface area contributed by atoms with Gasteiger partial charge in [0.25, 0.3) is 0 Å². The molecule has 0 saturated heterocycles. The topological polar surface area (TPSA) is 88.5 Å². The van der Waals surface area contributed by atoms with Crippen molar-refractivity contribution in [2.24, 2.45) is 14.1 Å². The molecule has 0 amide bonds. The highest BCUT2D eigenvalue weighted by atomic mass is 16.1. The molecule has 0 bridgehead atoms. The Hall–Kier alpha value is -3.66. The van der Waals surface area contributed by atoms with Crippen LogP contribution < -0.4 is 11.0 Å². The number of rotatable bonds is 3. The van der Waals surface area contributed by atoms with Gasteiger partial charge in [0.2, 0.25) is 0 Å². The molecule has 0 radical (unpaired) electrons. The molecule has 0 unspecified atom stereocenters. The summed E-state index contributed by atoms with van der Waals surface area (Å²) in [5.74, 6) is 0.651. The number of hydrogen-bond donors (Lipinski definition) is 1. The Kier molecular flexibility index (Phi) is 4.35. The molecule has 0 aliphatic carbocycles. The van der Waals surface area contributed by atoms with Crippen LogP contribution in [0.5, 0.6) is 0 Å². The van der Waals surface area contributed by atoms with Gasteiger partial charge in [-0.1, -0.05) is 12.1 Å². The number of nitriles is 1. The third-order valence-electron chi connectivity index (χ3n) is 5.67. The Morgan fingerprint density at radius 3 is 2.38 bits per heavy atom. The van der Waals surface area contributed by atoms with Crippen molar-refractivity contribution in [3.8, 4) is 6.07 Å². The van der Waals surface area contributed by atoms with Gasteiger partial charge >= 0.3 is 5.69 Å². The molecule has 1 N–H and O–H groups in total. The smallest absolute Gasteiger partial charge is 0.328 e. The van der Waals surface area contributed by atoms with Gasteiger partial charge in [0.1, 0.15) is 0 Å². The van der Waals surface area contributed by atoms with Gasteiger partial charge in [0.15, 0.2) is 5.82 Å². The van der Waals surface area contributed by atoms with Crippen LogP contribution in [0.15, 0.2) is 35.1 Å². The fourth-order valence-corrected chi connectivity index (χ4v) is 3.91. The van der Waals surface area contributed by atoms with Crippen molar-refractivity contribution in [1.29, 1.82) is 5.26 Å². The summed E-state index contributed by atoms with van der Waals surface area (Å²) in [5.41, 5.74) is 5.09. The zero-order valence-electron chi connectivity index (χ0n) is 17.1. The lowest BCUT2D eigenvalue weighted by atomic mass is 9.98. The largest absolute Gasteiger partial charge is 0.362 e. The summed E-state index contributed by atoms with van der Waals surface area (Å²) in [7, 11) is 3.54. The lowest BCUT2D eigenvalue weighted by molar-refractivity contribution is 0.795. The van der Waals surface area contributed by atoms with E-state index in [4.69, 9.17) is 0 Å². The molecule has 2 heterocycles. The molecule has 146 valence electrons. The standard InChI is InChI=1S/C22H22N6O/c1-12-15(11-23)7-6-8-16(12)13(2)24-21-18-10-20-19(27(4)22(29)28(20)5)9-17(18)14(3)25-26-21/h6-10,13H,1-5H3,(H,24,26)/t13-/m1/s1. The van der Waals surface area contributed by atoms with E-state index in [1.807, 2.05) is 51.1 Å². The second-order valence-corrected chi connectivity index (χ2v) is 7.42. The average Bonchev–Trinajstić information content (AvgIpc) is 2.93. The highest BCUT2D eigenvalue weighted by Gasteiger charge is 2.17. The minimum absolute atomic E-state index is 0.0688. The first-order valence-corrected chi connectivity index (χ1v) is 9.42. The summed E-state index contributed by atoms with van der Waals surface area (Å²) < 4.78 is 3.28. The Morgan fingerprint density at radius 1 is 1.07 bits per heavy atom. The molecule has 0 fully saturated rings. The SMILES string of the molecule is Cc1c(C#N)cccc1[C@@H](C)Nc1nnc(C)c2cc3c(cc12)n(C)c(=O)n3C. The lowest BCUT2D eigenvalue weighted by Gasteiger charge is -2.19. The van der Waals surface area contributed by atoms with E-state index in [1.54, 1.807) is 23.2 Å². The molecular weight excluding hydrogens is 364 g/mol. The first kappa shape index (κ1) is 18.7. The maximum Gasteiger partial charge on any atom is 0.328 e. The van der Waals surface area contributed by atoms with Crippen LogP contribution in [0.25, 0.3) is 21.8 Å². The van der Waals surface area contributed by atoms with Crippen molar-refractivity contribution < 1.29 is 0 Å². The molecule has 7 nitrogen and oxygen atoms in total. The van der Waals surface area contributed by atoms with Crippen molar-refractivity contribution in [2.45, 2.75) is 26.8 Å². The third kappa shape index (κ3) is 2.85. The number of imidazole rings is 1. The normalized spacial score (nSPS) is 12.3. The van der Waals surface area contributed by atoms with Gasteiger partial charge in [-0.2, -0.15) is 10.4 Å². The number of benzene rings is 2. The molecule has 2 aromatic heterocycles. The summed E-state index contributed by atoms with van der Waals surface area (Å²) in [6, 6.07) is 11.9. The van der Waals surface area contributed by atoms with Gasteiger partial charge in [0, 0.05) is 24.9 Å². The molecule has 0 aliphatic rings. The van der Waals surface area contributed by atoms with Crippen LogP contribution in [0, 0.1) is 25.2 Å². The number of aromatic nitrogens is 4. The second kappa shape index (κ2) is 6.74. The van der Waals surface area contributed by atoms with Gasteiger partial charge in [-0.25, -0.2) is 4.79 Å². The molecule has 7 heteroatoms. The fraction of sp³-hybridized carbons (Fsp3) is 0.273. The Bertz CT molecular complexity index is 1370. The predicted octanol–water partition coefficient (Wildman–Crippen LogP) is 3.48. The Labute approximate surface area is 168 Å². The number of aryl methyl sites for hydroxylation is 3. The monoisotopic (exact) mass is 386 g/mol. The molecule has 0 saturated carbocycles. The highest BCUT2D eigenvalue weighted by molar-refractivity contribution is 6.01. The van der Waals surface area contributed by atoms with E-state index in [2.05, 4.69) is 21.6 Å². The zero-order valence-corrected chi connectivity index (χ0v) is 17.1. The van der Waals surface area contributed by atoms with E-state index < -0.39 is 0 Å². The maximum absolute atomic E-state index is 12.4. The average molecular weight is 386 g/mol. The summed E-state index contributed by atoms with van der Waals surface area (Å²) in [6.07, 6.45) is 0. The fourth-order valence-electron chi connectivity index (χ4n) is 3.91. The quantitative estimate of drug-likeness (QED) is 0.582. The zero-order chi connectivity index (χ0) is 20.9. The van der Waals surface area contributed by atoms with E-state index in [-0.39, 0.29) is 11.7 Å². The Morgan fingerprint density at radius 2 is 1.72 bits per heavy atom. The molecule has 4 rings (SSSR count). The van der Waals surface area contributed by atoms with Crippen molar-refractivity contribution >= 4 is 27.6 Å². The van der Waals surface area contributed by atoms with Crippen LogP contribution in [0.1, 0.15) is 35.3 Å². The van der Waals surface area contributed by atoms with Crippen LogP contribution in [0.3, 0.4) is 0 Å². The van der Waals surface area contributed by atoms with E-state index in [1.165, 1.54) is 0 Å². The third-order valence-corrected chi connectivity index (χ3v) is 5.67. The van der Waals surface area contributed by atoms with E-state index in [9.17, 15) is 10.1 Å². The molecule has 0 spiro atoms. The lowest BCUT2D eigenvalue weighted by Crippen LogP contribution is -2.19. The summed E-state index contributed by atoms with van der Waals surface area (Å²) >= 11 is 0. The van der Waals surface area contributed by atoms with Crippen LogP contribution in [-0.2, 0) is 14.1 Å². The van der Waals surface area contributed by atoms with Crippen LogP contribution in [0.4, 0.5) is 5.82 Å². The summed E-state index contributed by atoms with van der Waals surface area (Å²) in [4.78, 5) is 12.4. The van der Waals surface area contributed by atoms with E-state index in [0.29, 0.717) is 11.4 Å². The molecule has 29 heavy (non-hydrogen) atoms. The summed E-state index contributed by atoms with van der Waals surface area (Å²) in [5, 5.41) is 23.3. The first-order chi connectivity index (χ1) is 13.8. The minimum atomic E-state index is -0.0706. The highest BCUT2D eigenvalue weighted by Crippen LogP contribution is 2.30. The number of anilines is 1. The number of fused-ring (bicyclic) bond motifs is 2.